The molecule has 0 amide bonds. The predicted octanol–water partition coefficient (Wildman–Crippen LogP) is -13.5. The summed E-state index contributed by atoms with van der Waals surface area (Å²) in [5, 5.41) is 230. The summed E-state index contributed by atoms with van der Waals surface area (Å²) in [5.41, 5.74) is 0. The van der Waals surface area contributed by atoms with Crippen molar-refractivity contribution in [2.75, 3.05) is 46.2 Å². The van der Waals surface area contributed by atoms with E-state index in [0.29, 0.717) is 0 Å². The van der Waals surface area contributed by atoms with Gasteiger partial charge < -0.3 is 174 Å². The lowest BCUT2D eigenvalue weighted by Crippen LogP contribution is -2.68. The van der Waals surface area contributed by atoms with Gasteiger partial charge in [-0.15, -0.1) is 0 Å². The van der Waals surface area contributed by atoms with Crippen LogP contribution in [0.5, 0.6) is 0 Å². The van der Waals surface area contributed by atoms with Crippen molar-refractivity contribution in [1.82, 2.24) is 0 Å². The van der Waals surface area contributed by atoms with E-state index in [1.807, 2.05) is 0 Å². The fourth-order valence-electron chi connectivity index (χ4n) is 10.4. The zero-order valence-corrected chi connectivity index (χ0v) is 45.3. The summed E-state index contributed by atoms with van der Waals surface area (Å²) >= 11 is 4.24. The van der Waals surface area contributed by atoms with Gasteiger partial charge in [-0.3, -0.25) is 0 Å². The van der Waals surface area contributed by atoms with Crippen LogP contribution < -0.4 is 0 Å². The Hall–Kier alpha value is 0.0600. The number of hydrogen-bond donors (Lipinski definition) is 21. The summed E-state index contributed by atoms with van der Waals surface area (Å²) in [6.07, 6.45) is -70.2. The van der Waals surface area contributed by atoms with Crippen LogP contribution in [0.2, 0.25) is 0 Å². The van der Waals surface area contributed by atoms with Crippen molar-refractivity contribution in [1.29, 1.82) is 0 Å². The van der Waals surface area contributed by atoms with Crippen LogP contribution in [-0.2, 0) is 66.3 Å². The minimum atomic E-state index is -2.21. The molecule has 21 rings (SSSR count). The van der Waals surface area contributed by atoms with Crippen LogP contribution in [0.4, 0.5) is 0 Å². The van der Waals surface area contributed by atoms with Crippen LogP contribution in [0.1, 0.15) is 0 Å². The summed E-state index contributed by atoms with van der Waals surface area (Å²) in [7, 11) is 0. The van der Waals surface area contributed by atoms with Crippen molar-refractivity contribution in [2.24, 2.45) is 0 Å². The Labute approximate surface area is 469 Å². The fourth-order valence-corrected chi connectivity index (χ4v) is 10.4. The first-order valence-corrected chi connectivity index (χ1v) is 31.0. The van der Waals surface area contributed by atoms with Gasteiger partial charge in [-0.2, -0.15) is 0 Å². The van der Waals surface area contributed by atoms with Gasteiger partial charge in [0.2, 0.25) is 0 Å². The third kappa shape index (κ3) is 13.6. The third-order valence-electron chi connectivity index (χ3n) is 14.8. The maximum Gasteiger partial charge on any atom is 0.187 e. The summed E-state index contributed by atoms with van der Waals surface area (Å²) in [6, 6.07) is 0. The highest BCUT2D eigenvalue weighted by atomic mass is 128. The van der Waals surface area contributed by atoms with Gasteiger partial charge in [0.25, 0.3) is 0 Å². The van der Waals surface area contributed by atoms with E-state index < -0.39 is 261 Å². The van der Waals surface area contributed by atoms with Crippen LogP contribution in [0.15, 0.2) is 0 Å². The molecule has 21 aliphatic heterocycles. The van der Waals surface area contributed by atoms with Crippen LogP contribution in [0, 0.1) is 0 Å². The van der Waals surface area contributed by atoms with Crippen LogP contribution in [-0.4, -0.2) is 368 Å². The first kappa shape index (κ1) is 66.6. The van der Waals surface area contributed by atoms with Gasteiger partial charge in [0.1, 0.15) is 171 Å². The van der Waals surface area contributed by atoms with Crippen molar-refractivity contribution in [3.05, 3.63) is 0 Å². The molecule has 0 radical (unpaired) electrons. The molecule has 0 spiro atoms. The zero-order valence-electron chi connectivity index (χ0n) is 41.0. The SMILES string of the molecule is II.OC[C@H]1O[C@@H]2O[C@H]3[C@H](O)[C@@H](O)[C@@H](O[C@H]4[C@H](O)[C@@H](O)[C@@H](O[C@H]5[C@H](O)[C@@H](O)[C@@H](O[C@H]6[C@@H](O)[C@H](O)[C@@H](O[C@H]7[C@@H](O)[C@H](O)[C@@H](O[C@H]8[C@@H](O)[C@H](O)[C@@H](O[C@H]1[C@H](O)[C@H]2O)O[C@@H]8CO)O[C@@H]7CO)O[C@@H]6CO)O[C@@H]5CO)O[C@@H]4CO)O[C@@H]3CO. The highest BCUT2D eigenvalue weighted by molar-refractivity contribution is 15.0. The van der Waals surface area contributed by atoms with E-state index in [-0.39, 0.29) is 0 Å². The van der Waals surface area contributed by atoms with Gasteiger partial charge in [0.15, 0.2) is 44.0 Å². The largest absolute Gasteiger partial charge is 0.394 e. The molecule has 462 valence electrons. The zero-order chi connectivity index (χ0) is 58.1. The van der Waals surface area contributed by atoms with E-state index in [1.54, 1.807) is 0 Å². The first-order chi connectivity index (χ1) is 37.7. The Kier molecular flexibility index (Phi) is 24.6. The Bertz CT molecular complexity index is 1480. The Morgan fingerprint density at radius 2 is 0.278 bits per heavy atom. The average molecular weight is 1390 g/mol. The van der Waals surface area contributed by atoms with Crippen molar-refractivity contribution in [3.8, 4) is 0 Å². The fraction of sp³-hybridized carbons (Fsp3) is 1.00. The van der Waals surface area contributed by atoms with Crippen molar-refractivity contribution >= 4 is 37.2 Å². The molecule has 37 heteroatoms. The number of rotatable bonds is 7. The lowest BCUT2D eigenvalue weighted by atomic mass is 9.95. The molecular weight excluding hydrogens is 1320 g/mol. The Morgan fingerprint density at radius 1 is 0.177 bits per heavy atom. The molecule has 0 aromatic carbocycles. The average Bonchev–Trinajstić information content (AvgIpc) is 3.47. The molecular formula is C42H70I2O35. The molecule has 0 saturated carbocycles. The number of halogens is 2. The van der Waals surface area contributed by atoms with E-state index in [1.165, 1.54) is 0 Å². The molecule has 21 saturated heterocycles. The van der Waals surface area contributed by atoms with Gasteiger partial charge in [-0.25, -0.2) is 0 Å². The number of aliphatic hydroxyl groups excluding tert-OH is 21. The van der Waals surface area contributed by atoms with Gasteiger partial charge in [-0.1, -0.05) is 0 Å². The van der Waals surface area contributed by atoms with Gasteiger partial charge in [0.05, 0.1) is 46.2 Å². The van der Waals surface area contributed by atoms with E-state index in [4.69, 9.17) is 66.3 Å². The monoisotopic (exact) mass is 1390 g/mol. The molecule has 0 unspecified atom stereocenters. The normalized spacial score (nSPS) is 54.0. The van der Waals surface area contributed by atoms with Gasteiger partial charge in [-0.05, 0) is 0 Å². The molecule has 0 aromatic rings. The van der Waals surface area contributed by atoms with Crippen LogP contribution >= 0.6 is 37.2 Å². The molecule has 21 N–H and O–H groups in total. The second-order valence-electron chi connectivity index (χ2n) is 19.7. The quantitative estimate of drug-likeness (QED) is 0.105. The minimum Gasteiger partial charge on any atom is -0.394 e. The lowest BCUT2D eigenvalue weighted by molar-refractivity contribution is -0.396. The Morgan fingerprint density at radius 3 is 0.367 bits per heavy atom. The van der Waals surface area contributed by atoms with Crippen molar-refractivity contribution in [2.45, 2.75) is 215 Å². The molecule has 21 fully saturated rings. The molecule has 35 nitrogen and oxygen atoms in total. The van der Waals surface area contributed by atoms with Crippen LogP contribution in [0.25, 0.3) is 0 Å². The molecule has 21 aliphatic rings. The van der Waals surface area contributed by atoms with Gasteiger partial charge >= 0.3 is 0 Å². The predicted molar refractivity (Wildman–Crippen MR) is 256 cm³/mol. The minimum absolute atomic E-state index is 1.05. The Balaban J connectivity index is 0.00000446. The van der Waals surface area contributed by atoms with E-state index in [2.05, 4.69) is 37.2 Å². The highest BCUT2D eigenvalue weighted by Crippen LogP contribution is 2.39. The maximum absolute atomic E-state index is 11.3. The number of aliphatic hydroxyl groups is 21. The van der Waals surface area contributed by atoms with Gasteiger partial charge in [0, 0.05) is 37.2 Å². The molecule has 79 heavy (non-hydrogen) atoms. The molecule has 0 aromatic heterocycles. The molecule has 0 aliphatic carbocycles. The van der Waals surface area contributed by atoms with E-state index >= 15 is 0 Å². The van der Waals surface area contributed by atoms with Crippen molar-refractivity contribution in [3.63, 3.8) is 0 Å². The first-order valence-electron chi connectivity index (χ1n) is 24.8. The topological polar surface area (TPSA) is 554 Å². The number of hydrogen-bond acceptors (Lipinski definition) is 35. The maximum atomic E-state index is 11.3. The third-order valence-corrected chi connectivity index (χ3v) is 14.8. The standard InChI is InChI=1S/C42H70O35.I2/c43-1-8-29-15(50)22(57)36(64-8)72-30-9(2-44)66-38(24(59)17(30)52)74-32-11(4-46)68-40(26(61)19(32)54)76-34-13(6-48)70-42(28(63)21(34)56)77-35-14(7-49)69-41(27(62)20(35)55)75-33-12(5-47)67-39(25(60)18(33)53)73-31-10(3-45)65-37(71-29)23(58)16(31)51;1-2/h8-63H,1-7H2;/t8-,9-,10-,11-,12-,13-,14-,15-,16-,17-,18-,19+,20+,21+,22-,23-,24-,25-,26+,27+,28+,29-,30-,31-,32-,33-,34-,35-,36-,37-,38-,39-,40-,41-,42-;/m1./s1. The second-order valence-corrected chi connectivity index (χ2v) is 19.7. The summed E-state index contributed by atoms with van der Waals surface area (Å²) < 4.78 is 79.5. The van der Waals surface area contributed by atoms with E-state index in [9.17, 15) is 107 Å². The molecule has 35 atom stereocenters. The second kappa shape index (κ2) is 29.2. The molecule has 21 heterocycles. The summed E-state index contributed by atoms with van der Waals surface area (Å²) in [4.78, 5) is 0. The smallest absolute Gasteiger partial charge is 0.187 e. The van der Waals surface area contributed by atoms with E-state index in [0.717, 1.165) is 0 Å². The number of ether oxygens (including phenoxy) is 14. The van der Waals surface area contributed by atoms with Crippen LogP contribution in [0.3, 0.4) is 0 Å². The summed E-state index contributed by atoms with van der Waals surface area (Å²) in [5.74, 6) is 0. The lowest BCUT2D eigenvalue weighted by Gasteiger charge is -2.50. The van der Waals surface area contributed by atoms with Crippen molar-refractivity contribution < 1.29 is 174 Å². The highest BCUT2D eigenvalue weighted by Gasteiger charge is 2.59. The molecule has 14 bridgehead atoms. The summed E-state index contributed by atoms with van der Waals surface area (Å²) in [6.45, 7) is -7.33.